The number of hydrogen-bond donors (Lipinski definition) is 3. The summed E-state index contributed by atoms with van der Waals surface area (Å²) >= 11 is 0. The van der Waals surface area contributed by atoms with Gasteiger partial charge in [-0.2, -0.15) is 0 Å². The van der Waals surface area contributed by atoms with Crippen molar-refractivity contribution in [1.29, 1.82) is 0 Å². The van der Waals surface area contributed by atoms with Gasteiger partial charge in [0.05, 0.1) is 0 Å². The van der Waals surface area contributed by atoms with E-state index in [1.807, 2.05) is 24.3 Å². The highest BCUT2D eigenvalue weighted by Gasteiger charge is 2.43. The van der Waals surface area contributed by atoms with Crippen LogP contribution in [0.15, 0.2) is 55.0 Å². The smallest absolute Gasteiger partial charge is 0.332 e. The molecule has 3 rings (SSSR count). The van der Waals surface area contributed by atoms with Crippen LogP contribution in [0.2, 0.25) is 0 Å². The number of carbonyl (C=O) groups is 2. The number of rotatable bonds is 5. The lowest BCUT2D eigenvalue weighted by Gasteiger charge is -2.23. The minimum absolute atomic E-state index is 0.111. The van der Waals surface area contributed by atoms with Crippen molar-refractivity contribution in [2.75, 3.05) is 0 Å². The highest BCUT2D eigenvalue weighted by Crippen LogP contribution is 2.24. The second-order valence-electron chi connectivity index (χ2n) is 5.38. The fraction of sp³-hybridized carbons (Fsp3) is 0.118. The summed E-state index contributed by atoms with van der Waals surface area (Å²) in [6.45, 7) is 0. The van der Waals surface area contributed by atoms with Crippen LogP contribution >= 0.6 is 0 Å². The first-order chi connectivity index (χ1) is 11.0. The predicted molar refractivity (Wildman–Crippen MR) is 85.1 cm³/mol. The van der Waals surface area contributed by atoms with Gasteiger partial charge in [0, 0.05) is 41.5 Å². The largest absolute Gasteiger partial charge is 0.480 e. The molecule has 1 unspecified atom stereocenters. The number of H-pyrrole nitrogens is 1. The van der Waals surface area contributed by atoms with Crippen LogP contribution < -0.4 is 5.73 Å². The number of nitrogens with one attached hydrogen (secondary N) is 1. The number of aliphatic carboxylic acids is 1. The molecule has 2 aromatic heterocycles. The topological polar surface area (TPSA) is 109 Å². The van der Waals surface area contributed by atoms with E-state index in [4.69, 9.17) is 5.73 Å². The molecule has 0 aliphatic heterocycles. The minimum atomic E-state index is -2.05. The number of carbonyl (C=O) groups excluding carboxylic acids is 1. The van der Waals surface area contributed by atoms with Gasteiger partial charge in [-0.25, -0.2) is 4.79 Å². The zero-order valence-corrected chi connectivity index (χ0v) is 12.2. The lowest BCUT2D eigenvalue weighted by atomic mass is 9.84. The average Bonchev–Trinajstić information content (AvgIpc) is 2.97. The van der Waals surface area contributed by atoms with Crippen LogP contribution in [-0.4, -0.2) is 32.4 Å². The number of Topliss-reactive ketones (excluding diaryl/α,β-unsaturated/α-hetero) is 1. The van der Waals surface area contributed by atoms with Crippen LogP contribution in [0.3, 0.4) is 0 Å². The van der Waals surface area contributed by atoms with Gasteiger partial charge in [0.1, 0.15) is 0 Å². The molecule has 3 aromatic rings. The van der Waals surface area contributed by atoms with Gasteiger partial charge in [-0.3, -0.25) is 9.78 Å². The number of ketones is 1. The molecule has 1 aromatic carbocycles. The fourth-order valence-electron chi connectivity index (χ4n) is 2.59. The van der Waals surface area contributed by atoms with Crippen molar-refractivity contribution < 1.29 is 14.7 Å². The van der Waals surface area contributed by atoms with Crippen LogP contribution in [0.25, 0.3) is 10.9 Å². The Labute approximate surface area is 132 Å². The summed E-state index contributed by atoms with van der Waals surface area (Å²) in [6, 6.07) is 10.5. The summed E-state index contributed by atoms with van der Waals surface area (Å²) in [5, 5.41) is 10.4. The van der Waals surface area contributed by atoms with Crippen molar-refractivity contribution >= 4 is 22.7 Å². The van der Waals surface area contributed by atoms with Crippen molar-refractivity contribution in [2.24, 2.45) is 5.73 Å². The SMILES string of the molecule is NC(Cc1c[nH]c2ccccc12)(C(=O)O)C(=O)c1cccnc1. The molecule has 0 bridgehead atoms. The number of benzene rings is 1. The Hall–Kier alpha value is -2.99. The normalized spacial score (nSPS) is 13.6. The van der Waals surface area contributed by atoms with Gasteiger partial charge in [0.2, 0.25) is 0 Å². The molecular weight excluding hydrogens is 294 g/mol. The molecule has 0 spiro atoms. The molecule has 4 N–H and O–H groups in total. The molecule has 0 fully saturated rings. The summed E-state index contributed by atoms with van der Waals surface area (Å²) in [5.74, 6) is -2.03. The van der Waals surface area contributed by atoms with Crippen molar-refractivity contribution in [3.05, 3.63) is 66.1 Å². The second kappa shape index (κ2) is 5.66. The number of nitrogens with two attached hydrogens (primary N) is 1. The van der Waals surface area contributed by atoms with Gasteiger partial charge in [-0.15, -0.1) is 0 Å². The van der Waals surface area contributed by atoms with E-state index < -0.39 is 17.3 Å². The maximum atomic E-state index is 12.6. The molecule has 6 heteroatoms. The van der Waals surface area contributed by atoms with Gasteiger partial charge in [-0.1, -0.05) is 18.2 Å². The molecule has 0 amide bonds. The molecule has 116 valence electrons. The minimum Gasteiger partial charge on any atom is -0.480 e. The molecule has 0 saturated carbocycles. The number of hydrogen-bond acceptors (Lipinski definition) is 4. The van der Waals surface area contributed by atoms with Crippen molar-refractivity contribution in [2.45, 2.75) is 12.0 Å². The van der Waals surface area contributed by atoms with E-state index in [9.17, 15) is 14.7 Å². The molecule has 2 heterocycles. The summed E-state index contributed by atoms with van der Waals surface area (Å²) in [6.07, 6.45) is 4.41. The molecule has 0 aliphatic carbocycles. The highest BCUT2D eigenvalue weighted by atomic mass is 16.4. The molecule has 23 heavy (non-hydrogen) atoms. The molecule has 6 nitrogen and oxygen atoms in total. The Morgan fingerprint density at radius 1 is 1.22 bits per heavy atom. The highest BCUT2D eigenvalue weighted by molar-refractivity contribution is 6.16. The number of nitrogens with zero attached hydrogens (tertiary/aromatic N) is 1. The van der Waals surface area contributed by atoms with Crippen molar-refractivity contribution in [3.63, 3.8) is 0 Å². The monoisotopic (exact) mass is 309 g/mol. The molecule has 0 radical (unpaired) electrons. The summed E-state index contributed by atoms with van der Waals surface area (Å²) in [7, 11) is 0. The first-order valence-electron chi connectivity index (χ1n) is 7.04. The maximum Gasteiger partial charge on any atom is 0.332 e. The van der Waals surface area contributed by atoms with E-state index in [2.05, 4.69) is 9.97 Å². The lowest BCUT2D eigenvalue weighted by molar-refractivity contribution is -0.141. The Bertz CT molecular complexity index is 873. The predicted octanol–water partition coefficient (Wildman–Crippen LogP) is 1.77. The van der Waals surface area contributed by atoms with Crippen molar-refractivity contribution in [1.82, 2.24) is 9.97 Å². The summed E-state index contributed by atoms with van der Waals surface area (Å²) < 4.78 is 0. The van der Waals surface area contributed by atoms with Gasteiger partial charge >= 0.3 is 5.97 Å². The van der Waals surface area contributed by atoms with E-state index in [1.165, 1.54) is 18.5 Å². The first kappa shape index (κ1) is 14.9. The number of pyridine rings is 1. The number of fused-ring (bicyclic) bond motifs is 1. The van der Waals surface area contributed by atoms with Crippen LogP contribution in [0, 0.1) is 0 Å². The Kier molecular flexibility index (Phi) is 3.67. The maximum absolute atomic E-state index is 12.6. The molecule has 0 aliphatic rings. The number of carboxylic acid groups (broad SMARTS) is 1. The third-order valence-electron chi connectivity index (χ3n) is 3.85. The summed E-state index contributed by atoms with van der Waals surface area (Å²) in [4.78, 5) is 31.2. The molecular formula is C17H15N3O3. The van der Waals surface area contributed by atoms with E-state index in [1.54, 1.807) is 12.3 Å². The van der Waals surface area contributed by atoms with Gasteiger partial charge < -0.3 is 15.8 Å². The van der Waals surface area contributed by atoms with Gasteiger partial charge in [-0.05, 0) is 23.8 Å². The van der Waals surface area contributed by atoms with E-state index in [0.717, 1.165) is 10.9 Å². The standard InChI is InChI=1S/C17H15N3O3/c18-17(16(22)23,15(21)11-4-3-7-19-9-11)8-12-10-20-14-6-2-1-5-13(12)14/h1-7,9-10,20H,8,18H2,(H,22,23). The van der Waals surface area contributed by atoms with Crippen molar-refractivity contribution in [3.8, 4) is 0 Å². The summed E-state index contributed by atoms with van der Waals surface area (Å²) in [5.41, 5.74) is 5.69. The Balaban J connectivity index is 2.02. The number of para-hydroxylation sites is 1. The quantitative estimate of drug-likeness (QED) is 0.491. The van der Waals surface area contributed by atoms with E-state index in [0.29, 0.717) is 5.56 Å². The number of aromatic nitrogens is 2. The average molecular weight is 309 g/mol. The first-order valence-corrected chi connectivity index (χ1v) is 7.04. The lowest BCUT2D eigenvalue weighted by Crippen LogP contribution is -2.56. The van der Waals surface area contributed by atoms with Crippen LogP contribution in [0.1, 0.15) is 15.9 Å². The van der Waals surface area contributed by atoms with Gasteiger partial charge in [0.15, 0.2) is 11.3 Å². The number of aromatic amines is 1. The van der Waals surface area contributed by atoms with E-state index >= 15 is 0 Å². The number of carboxylic acids is 1. The Morgan fingerprint density at radius 3 is 2.70 bits per heavy atom. The molecule has 0 saturated heterocycles. The van der Waals surface area contributed by atoms with Gasteiger partial charge in [0.25, 0.3) is 0 Å². The van der Waals surface area contributed by atoms with Crippen LogP contribution in [0.4, 0.5) is 0 Å². The third kappa shape index (κ3) is 2.60. The zero-order chi connectivity index (χ0) is 16.4. The van der Waals surface area contributed by atoms with Crippen LogP contribution in [-0.2, 0) is 11.2 Å². The van der Waals surface area contributed by atoms with Crippen LogP contribution in [0.5, 0.6) is 0 Å². The fourth-order valence-corrected chi connectivity index (χ4v) is 2.59. The third-order valence-corrected chi connectivity index (χ3v) is 3.85. The molecule has 1 atom stereocenters. The van der Waals surface area contributed by atoms with E-state index in [-0.39, 0.29) is 12.0 Å². The zero-order valence-electron chi connectivity index (χ0n) is 12.2. The second-order valence-corrected chi connectivity index (χ2v) is 5.38. The Morgan fingerprint density at radius 2 is 2.00 bits per heavy atom.